The van der Waals surface area contributed by atoms with E-state index in [0.717, 1.165) is 33.8 Å². The highest BCUT2D eigenvalue weighted by molar-refractivity contribution is 8.18. The van der Waals surface area contributed by atoms with Gasteiger partial charge in [0, 0.05) is 48.5 Å². The number of aromatic nitrogens is 1. The number of amides is 2. The molecular formula is C22H19N3O5S. The van der Waals surface area contributed by atoms with Crippen molar-refractivity contribution in [2.24, 2.45) is 0 Å². The van der Waals surface area contributed by atoms with Gasteiger partial charge in [0.15, 0.2) is 0 Å². The third-order valence-electron chi connectivity index (χ3n) is 5.00. The van der Waals surface area contributed by atoms with Crippen molar-refractivity contribution in [1.29, 1.82) is 0 Å². The molecule has 2 aromatic carbocycles. The van der Waals surface area contributed by atoms with E-state index in [0.29, 0.717) is 18.1 Å². The summed E-state index contributed by atoms with van der Waals surface area (Å²) in [5.74, 6) is -0.320. The minimum Gasteiger partial charge on any atom is -0.383 e. The van der Waals surface area contributed by atoms with E-state index in [1.54, 1.807) is 18.2 Å². The largest absolute Gasteiger partial charge is 0.383 e. The average Bonchev–Trinajstić information content (AvgIpc) is 3.24. The molecular weight excluding hydrogens is 418 g/mol. The Labute approximate surface area is 182 Å². The first-order chi connectivity index (χ1) is 15.0. The van der Waals surface area contributed by atoms with Gasteiger partial charge in [-0.3, -0.25) is 24.6 Å². The lowest BCUT2D eigenvalue weighted by Gasteiger charge is -2.10. The van der Waals surface area contributed by atoms with Crippen molar-refractivity contribution in [3.05, 3.63) is 80.9 Å². The van der Waals surface area contributed by atoms with E-state index in [2.05, 4.69) is 0 Å². The molecule has 9 heteroatoms. The molecule has 0 N–H and O–H groups in total. The Morgan fingerprint density at radius 1 is 1.13 bits per heavy atom. The summed E-state index contributed by atoms with van der Waals surface area (Å²) in [6, 6.07) is 14.2. The molecule has 0 saturated carbocycles. The first-order valence-electron chi connectivity index (χ1n) is 9.53. The second-order valence-corrected chi connectivity index (χ2v) is 7.97. The van der Waals surface area contributed by atoms with Crippen LogP contribution in [0.15, 0.2) is 59.6 Å². The van der Waals surface area contributed by atoms with Gasteiger partial charge in [-0.15, -0.1) is 0 Å². The lowest BCUT2D eigenvalue weighted by molar-refractivity contribution is -0.384. The van der Waals surface area contributed by atoms with E-state index >= 15 is 0 Å². The number of para-hydroxylation sites is 1. The fraction of sp³-hybridized carbons (Fsp3) is 0.182. The van der Waals surface area contributed by atoms with E-state index < -0.39 is 4.92 Å². The number of fused-ring (bicyclic) bond motifs is 1. The number of hydrogen-bond acceptors (Lipinski definition) is 6. The molecule has 0 bridgehead atoms. The zero-order valence-electron chi connectivity index (χ0n) is 16.7. The molecule has 158 valence electrons. The summed E-state index contributed by atoms with van der Waals surface area (Å²) >= 11 is 0.923. The van der Waals surface area contributed by atoms with Gasteiger partial charge in [0.25, 0.3) is 16.8 Å². The van der Waals surface area contributed by atoms with Crippen LogP contribution in [0.5, 0.6) is 0 Å². The van der Waals surface area contributed by atoms with Crippen LogP contribution in [0.3, 0.4) is 0 Å². The molecule has 1 saturated heterocycles. The molecule has 1 fully saturated rings. The Hall–Kier alpha value is -3.43. The van der Waals surface area contributed by atoms with Crippen molar-refractivity contribution in [2.45, 2.75) is 6.54 Å². The van der Waals surface area contributed by atoms with Gasteiger partial charge in [0.2, 0.25) is 0 Å². The first-order valence-corrected chi connectivity index (χ1v) is 10.3. The van der Waals surface area contributed by atoms with Crippen LogP contribution in [-0.2, 0) is 16.1 Å². The molecule has 0 spiro atoms. The summed E-state index contributed by atoms with van der Waals surface area (Å²) in [5, 5.41) is 11.5. The van der Waals surface area contributed by atoms with E-state index in [1.165, 1.54) is 24.1 Å². The zero-order valence-corrected chi connectivity index (χ0v) is 17.5. The van der Waals surface area contributed by atoms with Crippen LogP contribution in [-0.4, -0.2) is 45.8 Å². The van der Waals surface area contributed by atoms with Crippen LogP contribution >= 0.6 is 11.8 Å². The van der Waals surface area contributed by atoms with E-state index in [-0.39, 0.29) is 23.4 Å². The number of hydrogen-bond donors (Lipinski definition) is 0. The van der Waals surface area contributed by atoms with Crippen molar-refractivity contribution in [2.75, 3.05) is 20.3 Å². The van der Waals surface area contributed by atoms with Crippen LogP contribution in [0.2, 0.25) is 0 Å². The molecule has 31 heavy (non-hydrogen) atoms. The summed E-state index contributed by atoms with van der Waals surface area (Å²) in [6.45, 7) is 1.03. The average molecular weight is 437 g/mol. The lowest BCUT2D eigenvalue weighted by atomic mass is 10.1. The number of nitrogens with zero attached hydrogens (tertiary/aromatic N) is 3. The number of nitro groups is 1. The SMILES string of the molecule is COCCN1C(=O)S/C(=C/c2cn(Cc3ccc([N+](=O)[O-])cc3)c3ccccc23)C1=O. The van der Waals surface area contributed by atoms with Gasteiger partial charge in [0.1, 0.15) is 0 Å². The summed E-state index contributed by atoms with van der Waals surface area (Å²) in [5.41, 5.74) is 2.75. The standard InChI is InChI=1S/C22H19N3O5S/c1-30-11-10-24-21(26)20(31-22(24)27)12-16-14-23(19-5-3-2-4-18(16)19)13-15-6-8-17(9-7-15)25(28)29/h2-9,12,14H,10-11,13H2,1H3/b20-12+. The fourth-order valence-corrected chi connectivity index (χ4v) is 4.31. The highest BCUT2D eigenvalue weighted by Gasteiger charge is 2.34. The second-order valence-electron chi connectivity index (χ2n) is 6.98. The van der Waals surface area contributed by atoms with Crippen LogP contribution in [0.4, 0.5) is 10.5 Å². The predicted molar refractivity (Wildman–Crippen MR) is 119 cm³/mol. The Kier molecular flexibility index (Phi) is 5.88. The van der Waals surface area contributed by atoms with Gasteiger partial charge in [-0.25, -0.2) is 0 Å². The van der Waals surface area contributed by atoms with E-state index in [4.69, 9.17) is 4.74 Å². The number of carbonyl (C=O) groups is 2. The molecule has 4 rings (SSSR count). The third-order valence-corrected chi connectivity index (χ3v) is 5.91. The zero-order chi connectivity index (χ0) is 22.0. The topological polar surface area (TPSA) is 94.7 Å². The molecule has 0 radical (unpaired) electrons. The van der Waals surface area contributed by atoms with Crippen molar-refractivity contribution in [3.8, 4) is 0 Å². The number of non-ortho nitro benzene ring substituents is 1. The molecule has 8 nitrogen and oxygen atoms in total. The number of thioether (sulfide) groups is 1. The van der Waals surface area contributed by atoms with Crippen molar-refractivity contribution in [3.63, 3.8) is 0 Å². The maximum atomic E-state index is 12.6. The van der Waals surface area contributed by atoms with Gasteiger partial charge in [-0.05, 0) is 29.5 Å². The minimum atomic E-state index is -0.424. The lowest BCUT2D eigenvalue weighted by Crippen LogP contribution is -2.31. The van der Waals surface area contributed by atoms with Gasteiger partial charge in [-0.2, -0.15) is 0 Å². The van der Waals surface area contributed by atoms with Crippen molar-refractivity contribution in [1.82, 2.24) is 9.47 Å². The summed E-state index contributed by atoms with van der Waals surface area (Å²) in [4.78, 5) is 36.9. The predicted octanol–water partition coefficient (Wildman–Crippen LogP) is 4.28. The summed E-state index contributed by atoms with van der Waals surface area (Å²) in [6.07, 6.45) is 3.67. The first kappa shape index (κ1) is 20.8. The molecule has 2 heterocycles. The highest BCUT2D eigenvalue weighted by atomic mass is 32.2. The van der Waals surface area contributed by atoms with E-state index in [1.807, 2.05) is 35.0 Å². The number of rotatable bonds is 7. The Bertz CT molecular complexity index is 1200. The fourth-order valence-electron chi connectivity index (χ4n) is 3.46. The molecule has 0 atom stereocenters. The van der Waals surface area contributed by atoms with Crippen LogP contribution in [0, 0.1) is 10.1 Å². The van der Waals surface area contributed by atoms with Gasteiger partial charge < -0.3 is 9.30 Å². The number of nitro benzene ring substituents is 1. The van der Waals surface area contributed by atoms with Crippen molar-refractivity contribution < 1.29 is 19.2 Å². The molecule has 1 aromatic heterocycles. The Balaban J connectivity index is 1.66. The maximum Gasteiger partial charge on any atom is 0.293 e. The van der Waals surface area contributed by atoms with Gasteiger partial charge >= 0.3 is 0 Å². The Morgan fingerprint density at radius 3 is 2.58 bits per heavy atom. The van der Waals surface area contributed by atoms with Crippen molar-refractivity contribution >= 4 is 45.6 Å². The monoisotopic (exact) mass is 437 g/mol. The molecule has 0 unspecified atom stereocenters. The number of ether oxygens (including phenoxy) is 1. The Morgan fingerprint density at radius 2 is 1.87 bits per heavy atom. The number of carbonyl (C=O) groups excluding carboxylic acids is 2. The number of methoxy groups -OCH3 is 1. The molecule has 0 aliphatic carbocycles. The minimum absolute atomic E-state index is 0.0472. The van der Waals surface area contributed by atoms with Gasteiger partial charge in [-0.1, -0.05) is 30.3 Å². The smallest absolute Gasteiger partial charge is 0.293 e. The third kappa shape index (κ3) is 4.23. The summed E-state index contributed by atoms with van der Waals surface area (Å²) in [7, 11) is 1.52. The molecule has 2 amide bonds. The van der Waals surface area contributed by atoms with Crippen LogP contribution in [0.1, 0.15) is 11.1 Å². The van der Waals surface area contributed by atoms with E-state index in [9.17, 15) is 19.7 Å². The normalized spacial score (nSPS) is 15.4. The highest BCUT2D eigenvalue weighted by Crippen LogP contribution is 2.34. The number of imide groups is 1. The second kappa shape index (κ2) is 8.75. The van der Waals surface area contributed by atoms with Crippen LogP contribution in [0.25, 0.3) is 17.0 Å². The molecule has 3 aromatic rings. The molecule has 1 aliphatic heterocycles. The van der Waals surface area contributed by atoms with Crippen LogP contribution < -0.4 is 0 Å². The number of benzene rings is 2. The molecule has 1 aliphatic rings. The maximum absolute atomic E-state index is 12.6. The quantitative estimate of drug-likeness (QED) is 0.311. The summed E-state index contributed by atoms with van der Waals surface area (Å²) < 4.78 is 7.00. The van der Waals surface area contributed by atoms with Gasteiger partial charge in [0.05, 0.1) is 23.0 Å².